The van der Waals surface area contributed by atoms with Crippen LogP contribution in [-0.4, -0.2) is 49.5 Å². The van der Waals surface area contributed by atoms with Gasteiger partial charge in [0.15, 0.2) is 11.4 Å². The van der Waals surface area contributed by atoms with Crippen LogP contribution in [0.15, 0.2) is 53.3 Å². The number of benzene rings is 2. The number of primary amides is 1. The minimum absolute atomic E-state index is 0.00724. The van der Waals surface area contributed by atoms with Crippen molar-refractivity contribution in [3.05, 3.63) is 70.0 Å². The first-order chi connectivity index (χ1) is 17.0. The summed E-state index contributed by atoms with van der Waals surface area (Å²) in [5.74, 6) is -6.98. The normalized spacial score (nSPS) is 25.3. The van der Waals surface area contributed by atoms with Crippen LogP contribution in [0.4, 0.5) is 4.39 Å². The summed E-state index contributed by atoms with van der Waals surface area (Å²) < 4.78 is 13.0. The third-order valence-electron chi connectivity index (χ3n) is 7.37. The molecule has 0 heterocycles. The fraction of sp³-hybridized carbons (Fsp3) is 0.231. The van der Waals surface area contributed by atoms with Gasteiger partial charge in [-0.25, -0.2) is 0 Å². The topological polar surface area (TPSA) is 175 Å². The summed E-state index contributed by atoms with van der Waals surface area (Å²) >= 11 is 0. The highest BCUT2D eigenvalue weighted by Gasteiger charge is 2.60. The van der Waals surface area contributed by atoms with Gasteiger partial charge in [-0.05, 0) is 53.6 Å². The van der Waals surface area contributed by atoms with Gasteiger partial charge < -0.3 is 26.2 Å². The molecule has 3 aliphatic carbocycles. The summed E-state index contributed by atoms with van der Waals surface area (Å²) in [6, 6.07) is 6.90. The third kappa shape index (κ3) is 3.11. The molecule has 3 atom stereocenters. The van der Waals surface area contributed by atoms with Crippen LogP contribution < -0.4 is 5.73 Å². The zero-order valence-electron chi connectivity index (χ0n) is 18.6. The van der Waals surface area contributed by atoms with Crippen molar-refractivity contribution in [3.63, 3.8) is 0 Å². The number of rotatable bonds is 3. The number of phenolic OH excluding ortho intramolecular Hbond substituents is 1. The van der Waals surface area contributed by atoms with Crippen LogP contribution in [0.5, 0.6) is 5.75 Å². The van der Waals surface area contributed by atoms with Gasteiger partial charge in [0.05, 0.1) is 11.1 Å². The molecule has 0 radical (unpaired) electrons. The van der Waals surface area contributed by atoms with E-state index in [0.29, 0.717) is 16.7 Å². The van der Waals surface area contributed by atoms with Crippen LogP contribution in [0.2, 0.25) is 0 Å². The number of phenols is 1. The molecule has 10 heteroatoms. The van der Waals surface area contributed by atoms with E-state index in [4.69, 9.17) is 5.73 Å². The van der Waals surface area contributed by atoms with Gasteiger partial charge in [0, 0.05) is 17.9 Å². The average molecular weight is 493 g/mol. The zero-order chi connectivity index (χ0) is 26.1. The van der Waals surface area contributed by atoms with Gasteiger partial charge >= 0.3 is 6.04 Å². The molecule has 2 aromatic carbocycles. The summed E-state index contributed by atoms with van der Waals surface area (Å²) in [6.45, 7) is 0. The fourth-order valence-electron chi connectivity index (χ4n) is 5.67. The minimum atomic E-state index is -2.63. The zero-order valence-corrected chi connectivity index (χ0v) is 18.6. The van der Waals surface area contributed by atoms with Crippen LogP contribution in [0.25, 0.3) is 16.9 Å². The number of halogens is 1. The first-order valence-electron chi connectivity index (χ1n) is 11.1. The lowest BCUT2D eigenvalue weighted by atomic mass is 9.59. The minimum Gasteiger partial charge on any atom is -0.508 e. The second-order valence-corrected chi connectivity index (χ2v) is 9.24. The Bertz CT molecular complexity index is 1460. The summed E-state index contributed by atoms with van der Waals surface area (Å²) in [5, 5.41) is 43.6. The molecule has 0 aromatic heterocycles. The molecule has 1 amide bonds. The second-order valence-electron chi connectivity index (χ2n) is 9.24. The molecule has 0 spiro atoms. The number of Topliss-reactive ketones (excluding diaryl/α,β-unsaturated/α-hetero) is 2. The number of hydrogen-bond donors (Lipinski definition) is 5. The Balaban J connectivity index is 1.68. The van der Waals surface area contributed by atoms with Gasteiger partial charge in [0.2, 0.25) is 5.78 Å². The SMILES string of the molecule is NC(=O)C1=C(O)[C@@]2(O)C(=O)C3=C(O)c4c(O)ccc(-c5ccc(C(=O)F)cc5)c4C[C@H]3C[C@H]2CC1=O. The van der Waals surface area contributed by atoms with Crippen molar-refractivity contribution < 1.29 is 44.0 Å². The van der Waals surface area contributed by atoms with Crippen molar-refractivity contribution in [2.45, 2.75) is 24.9 Å². The van der Waals surface area contributed by atoms with E-state index in [0.717, 1.165) is 0 Å². The Morgan fingerprint density at radius 1 is 1.00 bits per heavy atom. The first-order valence-corrected chi connectivity index (χ1v) is 11.1. The Kier molecular flexibility index (Phi) is 5.11. The third-order valence-corrected chi connectivity index (χ3v) is 7.37. The van der Waals surface area contributed by atoms with E-state index in [1.165, 1.54) is 30.3 Å². The maximum Gasteiger partial charge on any atom is 0.332 e. The average Bonchev–Trinajstić information content (AvgIpc) is 2.81. The molecule has 184 valence electrons. The number of nitrogens with two attached hydrogens (primary N) is 1. The molecule has 1 saturated carbocycles. The van der Waals surface area contributed by atoms with Crippen LogP contribution in [0.1, 0.15) is 34.3 Å². The lowest BCUT2D eigenvalue weighted by Gasteiger charge is -2.46. The lowest BCUT2D eigenvalue weighted by Crippen LogP contribution is -2.58. The van der Waals surface area contributed by atoms with Crippen molar-refractivity contribution in [2.24, 2.45) is 17.6 Å². The predicted molar refractivity (Wildman–Crippen MR) is 122 cm³/mol. The molecule has 0 unspecified atom stereocenters. The van der Waals surface area contributed by atoms with Crippen LogP contribution in [0, 0.1) is 11.8 Å². The number of aliphatic hydroxyl groups is 3. The standard InChI is InChI=1S/C26H20FNO8/c27-24(34)11-3-1-10(2-4-11)14-5-6-16(29)19-15(14)8-12-7-13-9-17(30)20(25(28)35)23(33)26(13,36)22(32)18(12)21(19)31/h1-6,12-13,29,31,33,36H,7-9H2,(H2,28,35)/t12-,13+,26+/m1/s1. The Hall–Kier alpha value is -4.31. The predicted octanol–water partition coefficient (Wildman–Crippen LogP) is 2.20. The van der Waals surface area contributed by atoms with Crippen molar-refractivity contribution >= 4 is 29.3 Å². The lowest BCUT2D eigenvalue weighted by molar-refractivity contribution is -0.147. The van der Waals surface area contributed by atoms with E-state index in [1.807, 2.05) is 0 Å². The summed E-state index contributed by atoms with van der Waals surface area (Å²) in [5.41, 5.74) is 2.86. The van der Waals surface area contributed by atoms with E-state index in [9.17, 15) is 44.0 Å². The van der Waals surface area contributed by atoms with Gasteiger partial charge in [-0.3, -0.25) is 19.2 Å². The van der Waals surface area contributed by atoms with Gasteiger partial charge in [-0.15, -0.1) is 0 Å². The van der Waals surface area contributed by atoms with E-state index >= 15 is 0 Å². The molecule has 36 heavy (non-hydrogen) atoms. The maximum atomic E-state index is 13.5. The van der Waals surface area contributed by atoms with Gasteiger partial charge in [0.1, 0.15) is 22.8 Å². The van der Waals surface area contributed by atoms with Gasteiger partial charge in [0.25, 0.3) is 5.91 Å². The highest BCUT2D eigenvalue weighted by atomic mass is 19.1. The number of hydrogen-bond acceptors (Lipinski definition) is 8. The van der Waals surface area contributed by atoms with Crippen molar-refractivity contribution in [1.82, 2.24) is 0 Å². The van der Waals surface area contributed by atoms with Crippen molar-refractivity contribution in [3.8, 4) is 16.9 Å². The number of ketones is 2. The Morgan fingerprint density at radius 2 is 1.67 bits per heavy atom. The van der Waals surface area contributed by atoms with Gasteiger partial charge in [-0.2, -0.15) is 4.39 Å². The maximum absolute atomic E-state index is 13.5. The molecule has 2 aromatic rings. The quantitative estimate of drug-likeness (QED) is 0.319. The van der Waals surface area contributed by atoms with E-state index < -0.39 is 64.5 Å². The molecular formula is C26H20FNO8. The summed E-state index contributed by atoms with van der Waals surface area (Å²) in [4.78, 5) is 48.7. The second kappa shape index (κ2) is 7.85. The smallest absolute Gasteiger partial charge is 0.332 e. The Labute approximate surface area is 203 Å². The van der Waals surface area contributed by atoms with Crippen molar-refractivity contribution in [1.29, 1.82) is 0 Å². The highest BCUT2D eigenvalue weighted by Crippen LogP contribution is 2.53. The molecule has 3 aliphatic rings. The van der Waals surface area contributed by atoms with Crippen LogP contribution in [-0.2, 0) is 20.8 Å². The molecular weight excluding hydrogens is 473 g/mol. The number of carbonyl (C=O) groups is 4. The summed E-state index contributed by atoms with van der Waals surface area (Å²) in [7, 11) is 0. The number of aliphatic hydroxyl groups excluding tert-OH is 2. The van der Waals surface area contributed by atoms with Crippen LogP contribution >= 0.6 is 0 Å². The number of carbonyl (C=O) groups excluding carboxylic acids is 4. The van der Waals surface area contributed by atoms with E-state index in [1.54, 1.807) is 6.07 Å². The van der Waals surface area contributed by atoms with Gasteiger partial charge in [-0.1, -0.05) is 18.2 Å². The molecule has 6 N–H and O–H groups in total. The fourth-order valence-corrected chi connectivity index (χ4v) is 5.67. The first kappa shape index (κ1) is 23.4. The Morgan fingerprint density at radius 3 is 2.28 bits per heavy atom. The number of amides is 1. The molecule has 9 nitrogen and oxygen atoms in total. The molecule has 1 fully saturated rings. The number of fused-ring (bicyclic) bond motifs is 3. The van der Waals surface area contributed by atoms with E-state index in [2.05, 4.69) is 0 Å². The molecule has 0 aliphatic heterocycles. The highest BCUT2D eigenvalue weighted by molar-refractivity contribution is 6.22. The molecule has 5 rings (SSSR count). The molecule has 0 bridgehead atoms. The number of aromatic hydroxyl groups is 1. The van der Waals surface area contributed by atoms with Crippen LogP contribution in [0.3, 0.4) is 0 Å². The monoisotopic (exact) mass is 493 g/mol. The largest absolute Gasteiger partial charge is 0.508 e. The van der Waals surface area contributed by atoms with E-state index in [-0.39, 0.29) is 35.3 Å². The van der Waals surface area contributed by atoms with Crippen molar-refractivity contribution in [2.75, 3.05) is 0 Å². The molecule has 0 saturated heterocycles. The summed E-state index contributed by atoms with van der Waals surface area (Å²) in [6.07, 6.45) is -0.275.